The molecule has 0 saturated carbocycles. The van der Waals surface area contributed by atoms with Crippen molar-refractivity contribution in [2.75, 3.05) is 25.6 Å². The van der Waals surface area contributed by atoms with Crippen molar-refractivity contribution in [1.29, 1.82) is 0 Å². The molecule has 0 unspecified atom stereocenters. The molecule has 2 atom stereocenters. The van der Waals surface area contributed by atoms with E-state index < -0.39 is 18.0 Å². The minimum Gasteiger partial charge on any atom is -0.493 e. The first-order valence-electron chi connectivity index (χ1n) is 10.0. The number of hydrogen-bond acceptors (Lipinski definition) is 6. The SMILES string of the molecule is CC[C@@H](C)c1ccccc1NC(=O)[C@H](C)OC(=O)c1cc(OC)c2c(c1)OCCO2. The summed E-state index contributed by atoms with van der Waals surface area (Å²) in [5.74, 6) is 0.481. The molecule has 0 fully saturated rings. The van der Waals surface area contributed by atoms with E-state index in [4.69, 9.17) is 18.9 Å². The van der Waals surface area contributed by atoms with Crippen molar-refractivity contribution in [2.24, 2.45) is 0 Å². The zero-order chi connectivity index (χ0) is 21.7. The van der Waals surface area contributed by atoms with Gasteiger partial charge in [0.1, 0.15) is 13.2 Å². The van der Waals surface area contributed by atoms with Crippen molar-refractivity contribution in [3.63, 3.8) is 0 Å². The van der Waals surface area contributed by atoms with Gasteiger partial charge in [0.15, 0.2) is 17.6 Å². The molecule has 30 heavy (non-hydrogen) atoms. The average molecular weight is 413 g/mol. The summed E-state index contributed by atoms with van der Waals surface area (Å²) in [7, 11) is 1.48. The largest absolute Gasteiger partial charge is 0.493 e. The Morgan fingerprint density at radius 1 is 1.13 bits per heavy atom. The molecule has 7 nitrogen and oxygen atoms in total. The third kappa shape index (κ3) is 4.67. The van der Waals surface area contributed by atoms with E-state index in [9.17, 15) is 9.59 Å². The second kappa shape index (κ2) is 9.52. The molecule has 3 rings (SSSR count). The van der Waals surface area contributed by atoms with Crippen LogP contribution in [0, 0.1) is 0 Å². The monoisotopic (exact) mass is 413 g/mol. The van der Waals surface area contributed by atoms with E-state index in [1.807, 2.05) is 24.3 Å². The number of methoxy groups -OCH3 is 1. The lowest BCUT2D eigenvalue weighted by Gasteiger charge is -2.21. The van der Waals surface area contributed by atoms with Crippen LogP contribution >= 0.6 is 0 Å². The van der Waals surface area contributed by atoms with E-state index >= 15 is 0 Å². The number of ether oxygens (including phenoxy) is 4. The van der Waals surface area contributed by atoms with Crippen molar-refractivity contribution < 1.29 is 28.5 Å². The molecule has 0 bridgehead atoms. The van der Waals surface area contributed by atoms with Crippen LogP contribution in [0.5, 0.6) is 17.2 Å². The van der Waals surface area contributed by atoms with Crippen LogP contribution in [0.1, 0.15) is 49.0 Å². The van der Waals surface area contributed by atoms with Crippen LogP contribution in [-0.4, -0.2) is 38.3 Å². The maximum absolute atomic E-state index is 12.6. The second-order valence-corrected chi connectivity index (χ2v) is 7.14. The van der Waals surface area contributed by atoms with Crippen LogP contribution < -0.4 is 19.5 Å². The quantitative estimate of drug-likeness (QED) is 0.686. The highest BCUT2D eigenvalue weighted by atomic mass is 16.6. The van der Waals surface area contributed by atoms with Crippen molar-refractivity contribution in [3.05, 3.63) is 47.5 Å². The number of nitrogens with one attached hydrogen (secondary N) is 1. The Morgan fingerprint density at radius 3 is 2.60 bits per heavy atom. The predicted molar refractivity (Wildman–Crippen MR) is 113 cm³/mol. The van der Waals surface area contributed by atoms with E-state index in [1.165, 1.54) is 26.2 Å². The Hall–Kier alpha value is -3.22. The lowest BCUT2D eigenvalue weighted by Crippen LogP contribution is -2.30. The van der Waals surface area contributed by atoms with Crippen molar-refractivity contribution in [2.45, 2.75) is 39.2 Å². The Bertz CT molecular complexity index is 909. The van der Waals surface area contributed by atoms with Gasteiger partial charge in [-0.3, -0.25) is 4.79 Å². The van der Waals surface area contributed by atoms with Gasteiger partial charge in [-0.15, -0.1) is 0 Å². The Labute approximate surface area is 176 Å². The molecule has 2 aromatic carbocycles. The topological polar surface area (TPSA) is 83.1 Å². The lowest BCUT2D eigenvalue weighted by atomic mass is 9.97. The number of rotatable bonds is 7. The fourth-order valence-corrected chi connectivity index (χ4v) is 3.17. The van der Waals surface area contributed by atoms with Gasteiger partial charge in [0.05, 0.1) is 12.7 Å². The summed E-state index contributed by atoms with van der Waals surface area (Å²) in [6.45, 7) is 6.51. The van der Waals surface area contributed by atoms with E-state index in [0.717, 1.165) is 17.7 Å². The molecule has 1 aliphatic heterocycles. The molecule has 0 aliphatic carbocycles. The standard InChI is InChI=1S/C23H27NO6/c1-5-14(2)17-8-6-7-9-18(17)24-22(25)15(3)30-23(26)16-12-19(27-4)21-20(13-16)28-10-11-29-21/h6-9,12-15H,5,10-11H2,1-4H3,(H,24,25)/t14-,15+/m1/s1. The van der Waals surface area contributed by atoms with Gasteiger partial charge in [-0.25, -0.2) is 4.79 Å². The second-order valence-electron chi connectivity index (χ2n) is 7.14. The maximum Gasteiger partial charge on any atom is 0.339 e. The van der Waals surface area contributed by atoms with Gasteiger partial charge < -0.3 is 24.3 Å². The number of amides is 1. The summed E-state index contributed by atoms with van der Waals surface area (Å²) in [6.07, 6.45) is -0.0368. The van der Waals surface area contributed by atoms with Crippen LogP contribution in [0.3, 0.4) is 0 Å². The summed E-state index contributed by atoms with van der Waals surface area (Å²) >= 11 is 0. The molecule has 0 radical (unpaired) electrons. The first-order chi connectivity index (χ1) is 14.4. The Kier molecular flexibility index (Phi) is 6.82. The molecule has 2 aromatic rings. The Morgan fingerprint density at radius 2 is 1.87 bits per heavy atom. The molecule has 1 N–H and O–H groups in total. The zero-order valence-electron chi connectivity index (χ0n) is 17.7. The van der Waals surface area contributed by atoms with Gasteiger partial charge in [-0.1, -0.05) is 32.0 Å². The summed E-state index contributed by atoms with van der Waals surface area (Å²) in [5.41, 5.74) is 1.99. The number of esters is 1. The minimum absolute atomic E-state index is 0.218. The molecule has 0 spiro atoms. The number of benzene rings is 2. The summed E-state index contributed by atoms with van der Waals surface area (Å²) < 4.78 is 21.8. The first kappa shape index (κ1) is 21.5. The third-order valence-corrected chi connectivity index (χ3v) is 5.08. The number of hydrogen-bond donors (Lipinski definition) is 1. The minimum atomic E-state index is -0.985. The molecule has 0 aromatic heterocycles. The number of carbonyl (C=O) groups excluding carboxylic acids is 2. The maximum atomic E-state index is 12.6. The highest BCUT2D eigenvalue weighted by molar-refractivity contribution is 5.98. The van der Waals surface area contributed by atoms with Gasteiger partial charge in [-0.2, -0.15) is 0 Å². The highest BCUT2D eigenvalue weighted by Gasteiger charge is 2.25. The molecule has 1 amide bonds. The van der Waals surface area contributed by atoms with Crippen molar-refractivity contribution in [1.82, 2.24) is 0 Å². The summed E-state index contributed by atoms with van der Waals surface area (Å²) in [5, 5.41) is 2.87. The van der Waals surface area contributed by atoms with Gasteiger partial charge in [0.25, 0.3) is 5.91 Å². The van der Waals surface area contributed by atoms with Crippen LogP contribution in [0.15, 0.2) is 36.4 Å². The molecule has 7 heteroatoms. The van der Waals surface area contributed by atoms with E-state index in [0.29, 0.717) is 36.4 Å². The molecule has 0 saturated heterocycles. The van der Waals surface area contributed by atoms with Crippen LogP contribution in [0.25, 0.3) is 0 Å². The highest BCUT2D eigenvalue weighted by Crippen LogP contribution is 2.40. The van der Waals surface area contributed by atoms with Gasteiger partial charge in [0, 0.05) is 5.69 Å². The smallest absolute Gasteiger partial charge is 0.339 e. The first-order valence-corrected chi connectivity index (χ1v) is 10.0. The molecule has 1 heterocycles. The number of para-hydroxylation sites is 1. The van der Waals surface area contributed by atoms with E-state index in [-0.39, 0.29) is 5.56 Å². The summed E-state index contributed by atoms with van der Waals surface area (Å²) in [4.78, 5) is 25.3. The van der Waals surface area contributed by atoms with Crippen molar-refractivity contribution in [3.8, 4) is 17.2 Å². The average Bonchev–Trinajstić information content (AvgIpc) is 2.77. The predicted octanol–water partition coefficient (Wildman–Crippen LogP) is 4.16. The summed E-state index contributed by atoms with van der Waals surface area (Å²) in [6, 6.07) is 10.7. The molecule has 160 valence electrons. The van der Waals surface area contributed by atoms with Crippen molar-refractivity contribution >= 4 is 17.6 Å². The van der Waals surface area contributed by atoms with Crippen LogP contribution in [-0.2, 0) is 9.53 Å². The van der Waals surface area contributed by atoms with E-state index in [1.54, 1.807) is 0 Å². The zero-order valence-corrected chi connectivity index (χ0v) is 17.7. The Balaban J connectivity index is 1.71. The fraction of sp³-hybridized carbons (Fsp3) is 0.391. The van der Waals surface area contributed by atoms with Gasteiger partial charge in [-0.05, 0) is 43.0 Å². The molecular formula is C23H27NO6. The normalized spacial score (nSPS) is 14.4. The van der Waals surface area contributed by atoms with Crippen LogP contribution in [0.2, 0.25) is 0 Å². The van der Waals surface area contributed by atoms with Gasteiger partial charge >= 0.3 is 5.97 Å². The third-order valence-electron chi connectivity index (χ3n) is 5.08. The fourth-order valence-electron chi connectivity index (χ4n) is 3.17. The van der Waals surface area contributed by atoms with E-state index in [2.05, 4.69) is 19.2 Å². The molecule has 1 aliphatic rings. The molecular weight excluding hydrogens is 386 g/mol. The van der Waals surface area contributed by atoms with Gasteiger partial charge in [0.2, 0.25) is 5.75 Å². The van der Waals surface area contributed by atoms with Crippen LogP contribution in [0.4, 0.5) is 5.69 Å². The number of fused-ring (bicyclic) bond motifs is 1. The lowest BCUT2D eigenvalue weighted by molar-refractivity contribution is -0.123. The number of anilines is 1. The number of carbonyl (C=O) groups is 2.